The molecule has 35 heavy (non-hydrogen) atoms. The molecule has 1 aromatic rings. The van der Waals surface area contributed by atoms with Crippen molar-refractivity contribution in [2.24, 2.45) is 5.92 Å². The summed E-state index contributed by atoms with van der Waals surface area (Å²) in [5.41, 5.74) is 1.58. The zero-order chi connectivity index (χ0) is 22.9. The molecule has 1 aromatic carbocycles. The number of halogens is 2. The molecule has 0 aromatic heterocycles. The van der Waals surface area contributed by atoms with E-state index in [1.165, 1.54) is 133 Å². The van der Waals surface area contributed by atoms with E-state index in [-0.39, 0.29) is 15.6 Å². The van der Waals surface area contributed by atoms with E-state index in [0.717, 1.165) is 5.92 Å². The van der Waals surface area contributed by atoms with Crippen LogP contribution in [0.1, 0.15) is 141 Å². The molecule has 208 valence electrons. The van der Waals surface area contributed by atoms with E-state index in [1.54, 1.807) is 5.56 Å². The van der Waals surface area contributed by atoms with Gasteiger partial charge in [-0.3, -0.25) is 4.70 Å². The van der Waals surface area contributed by atoms with Crippen LogP contribution in [-0.2, 0) is 0 Å². The molecule has 0 aliphatic heterocycles. The predicted octanol–water partition coefficient (Wildman–Crippen LogP) is 7.18. The number of rotatable bonds is 18. The second-order valence-electron chi connectivity index (χ2n) is 11.4. The molecule has 4 heteroatoms. The van der Waals surface area contributed by atoms with Crippen molar-refractivity contribution < 1.29 is 13.9 Å². The Morgan fingerprint density at radius 2 is 1.11 bits per heavy atom. The summed E-state index contributed by atoms with van der Waals surface area (Å²) >= 11 is 0. The third kappa shape index (κ3) is 15.0. The van der Waals surface area contributed by atoms with Gasteiger partial charge in [-0.05, 0) is 25.7 Å². The highest BCUT2D eigenvalue weighted by atomic mass is 19.0. The lowest BCUT2D eigenvalue weighted by atomic mass is 9.79. The molecular weight excluding hydrogens is 438 g/mol. The van der Waals surface area contributed by atoms with Gasteiger partial charge in [0.15, 0.2) is 0 Å². The standard InChI is InChI=1S/C31H56N.2FH.H3N/c1-4-5-6-7-8-9-10-11-12-13-14-15-16-23-28-32(2,3)31(29-24-19-17-20-25-29)30-26-21-18-22-27-30;;;/h17,19-20,24-25,30-31H,4-16,18,21-23,26-28H2,1-3H3;2*1H;1H3/q+1;;;/p-1. The highest BCUT2D eigenvalue weighted by molar-refractivity contribution is 5.18. The topological polar surface area (TPSA) is 35.0 Å². The maximum Gasteiger partial charge on any atom is 0.117 e. The summed E-state index contributed by atoms with van der Waals surface area (Å²) in [6.07, 6.45) is 27.4. The van der Waals surface area contributed by atoms with Gasteiger partial charge in [-0.2, -0.15) is 0 Å². The lowest BCUT2D eigenvalue weighted by molar-refractivity contribution is -0.925. The Morgan fingerprint density at radius 1 is 0.686 bits per heavy atom. The average molecular weight is 499 g/mol. The van der Waals surface area contributed by atoms with E-state index >= 15 is 0 Å². The Balaban J connectivity index is 0. The van der Waals surface area contributed by atoms with E-state index in [9.17, 15) is 0 Å². The second kappa shape index (κ2) is 22.2. The summed E-state index contributed by atoms with van der Waals surface area (Å²) in [6.45, 7) is 3.63. The predicted molar refractivity (Wildman–Crippen MR) is 151 cm³/mol. The molecule has 1 aliphatic carbocycles. The fourth-order valence-electron chi connectivity index (χ4n) is 6.20. The SMILES string of the molecule is CCCCCCCCCCCCCCCC[N+](C)(C)C(c1ccccc1)C1CCCCC1.F.N.[F-]. The zero-order valence-electron chi connectivity index (χ0n) is 23.6. The monoisotopic (exact) mass is 498 g/mol. The van der Waals surface area contributed by atoms with Crippen LogP contribution in [-0.4, -0.2) is 25.1 Å². The van der Waals surface area contributed by atoms with Crippen LogP contribution in [0.5, 0.6) is 0 Å². The van der Waals surface area contributed by atoms with Crippen LogP contribution in [0.2, 0.25) is 0 Å². The van der Waals surface area contributed by atoms with Crippen LogP contribution < -0.4 is 10.9 Å². The van der Waals surface area contributed by atoms with Crippen molar-refractivity contribution in [3.05, 3.63) is 35.9 Å². The summed E-state index contributed by atoms with van der Waals surface area (Å²) < 4.78 is 1.17. The minimum Gasteiger partial charge on any atom is -1.00 e. The van der Waals surface area contributed by atoms with Gasteiger partial charge in [0, 0.05) is 11.5 Å². The number of hydrogen-bond donors (Lipinski definition) is 1. The van der Waals surface area contributed by atoms with Crippen LogP contribution in [0.3, 0.4) is 0 Å². The Kier molecular flexibility index (Phi) is 23.0. The summed E-state index contributed by atoms with van der Waals surface area (Å²) in [4.78, 5) is 0. The number of benzene rings is 1. The maximum atomic E-state index is 2.51. The summed E-state index contributed by atoms with van der Waals surface area (Å²) in [5, 5.41) is 0. The van der Waals surface area contributed by atoms with Gasteiger partial charge >= 0.3 is 0 Å². The van der Waals surface area contributed by atoms with E-state index in [2.05, 4.69) is 51.4 Å². The minimum atomic E-state index is 0. The summed E-state index contributed by atoms with van der Waals surface area (Å²) in [7, 11) is 5.02. The van der Waals surface area contributed by atoms with Crippen molar-refractivity contribution in [3.63, 3.8) is 0 Å². The molecule has 0 radical (unpaired) electrons. The molecule has 1 aliphatic rings. The Hall–Kier alpha value is -1.00. The lowest BCUT2D eigenvalue weighted by Gasteiger charge is -2.44. The highest BCUT2D eigenvalue weighted by Gasteiger charge is 2.37. The van der Waals surface area contributed by atoms with Gasteiger partial charge < -0.3 is 15.3 Å². The van der Waals surface area contributed by atoms with Crippen molar-refractivity contribution in [1.82, 2.24) is 6.15 Å². The van der Waals surface area contributed by atoms with Crippen molar-refractivity contribution in [3.8, 4) is 0 Å². The second-order valence-corrected chi connectivity index (χ2v) is 11.4. The minimum absolute atomic E-state index is 0. The van der Waals surface area contributed by atoms with Crippen molar-refractivity contribution in [2.45, 2.75) is 135 Å². The molecule has 0 spiro atoms. The molecule has 1 unspecified atom stereocenters. The first-order valence-corrected chi connectivity index (χ1v) is 14.5. The van der Waals surface area contributed by atoms with Crippen molar-refractivity contribution >= 4 is 0 Å². The summed E-state index contributed by atoms with van der Waals surface area (Å²) in [6, 6.07) is 12.1. The van der Waals surface area contributed by atoms with Crippen LogP contribution in [0.25, 0.3) is 0 Å². The quantitative estimate of drug-likeness (QED) is 0.169. The molecular formula is C31H60F2N2. The number of nitrogens with zero attached hydrogens (tertiary/aromatic N) is 1. The van der Waals surface area contributed by atoms with Gasteiger partial charge in [-0.15, -0.1) is 0 Å². The molecule has 0 bridgehead atoms. The van der Waals surface area contributed by atoms with E-state index < -0.39 is 0 Å². The molecule has 3 N–H and O–H groups in total. The molecule has 2 nitrogen and oxygen atoms in total. The van der Waals surface area contributed by atoms with Gasteiger partial charge in [0.05, 0.1) is 20.6 Å². The fourth-order valence-corrected chi connectivity index (χ4v) is 6.20. The van der Waals surface area contributed by atoms with E-state index in [4.69, 9.17) is 0 Å². The van der Waals surface area contributed by atoms with Crippen molar-refractivity contribution in [2.75, 3.05) is 20.6 Å². The largest absolute Gasteiger partial charge is 1.00 e. The smallest absolute Gasteiger partial charge is 0.117 e. The van der Waals surface area contributed by atoms with Gasteiger partial charge in [0.25, 0.3) is 0 Å². The lowest BCUT2D eigenvalue weighted by Crippen LogP contribution is -3.00. The molecule has 1 fully saturated rings. The third-order valence-electron chi connectivity index (χ3n) is 8.08. The molecule has 0 heterocycles. The Labute approximate surface area is 217 Å². The normalized spacial score (nSPS) is 14.9. The fraction of sp³-hybridized carbons (Fsp3) is 0.806. The summed E-state index contributed by atoms with van der Waals surface area (Å²) in [5.74, 6) is 0.868. The average Bonchev–Trinajstić information content (AvgIpc) is 2.80. The van der Waals surface area contributed by atoms with Crippen molar-refractivity contribution in [1.29, 1.82) is 0 Å². The van der Waals surface area contributed by atoms with E-state index in [0.29, 0.717) is 6.04 Å². The zero-order valence-corrected chi connectivity index (χ0v) is 23.6. The molecule has 1 saturated carbocycles. The Morgan fingerprint density at radius 3 is 1.57 bits per heavy atom. The molecule has 2 rings (SSSR count). The first-order valence-electron chi connectivity index (χ1n) is 14.5. The van der Waals surface area contributed by atoms with Gasteiger partial charge in [0.1, 0.15) is 6.04 Å². The number of unbranched alkanes of at least 4 members (excludes halogenated alkanes) is 13. The van der Waals surface area contributed by atoms with Crippen LogP contribution in [0.15, 0.2) is 30.3 Å². The van der Waals surface area contributed by atoms with Gasteiger partial charge in [-0.25, -0.2) is 0 Å². The molecule has 0 saturated heterocycles. The third-order valence-corrected chi connectivity index (χ3v) is 8.08. The molecule has 1 atom stereocenters. The van der Waals surface area contributed by atoms with Crippen LogP contribution in [0, 0.1) is 5.92 Å². The first-order chi connectivity index (χ1) is 15.6. The maximum absolute atomic E-state index is 2.51. The number of quaternary nitrogens is 1. The van der Waals surface area contributed by atoms with Gasteiger partial charge in [0.2, 0.25) is 0 Å². The first kappa shape index (κ1) is 36.2. The van der Waals surface area contributed by atoms with Gasteiger partial charge in [-0.1, -0.05) is 134 Å². The highest BCUT2D eigenvalue weighted by Crippen LogP contribution is 2.40. The van der Waals surface area contributed by atoms with E-state index in [1.807, 2.05) is 0 Å². The Bertz CT molecular complexity index is 558. The number of hydrogen-bond acceptors (Lipinski definition) is 1. The van der Waals surface area contributed by atoms with Crippen LogP contribution >= 0.6 is 0 Å². The molecule has 0 amide bonds. The van der Waals surface area contributed by atoms with Crippen LogP contribution in [0.4, 0.5) is 4.70 Å².